The summed E-state index contributed by atoms with van der Waals surface area (Å²) >= 11 is 0. The lowest BCUT2D eigenvalue weighted by Crippen LogP contribution is -2.24. The van der Waals surface area contributed by atoms with E-state index >= 15 is 0 Å². The number of esters is 1. The van der Waals surface area contributed by atoms with Crippen LogP contribution in [0.2, 0.25) is 0 Å². The summed E-state index contributed by atoms with van der Waals surface area (Å²) in [5.74, 6) is -2.95. The zero-order valence-corrected chi connectivity index (χ0v) is 7.84. The van der Waals surface area contributed by atoms with Gasteiger partial charge in [-0.1, -0.05) is 6.92 Å². The summed E-state index contributed by atoms with van der Waals surface area (Å²) in [5.41, 5.74) is 0. The fourth-order valence-electron chi connectivity index (χ4n) is 0.746. The number of aromatic nitrogens is 1. The van der Waals surface area contributed by atoms with Crippen molar-refractivity contribution in [1.82, 2.24) is 5.16 Å². The molecule has 0 radical (unpaired) electrons. The van der Waals surface area contributed by atoms with E-state index in [1.54, 1.807) is 6.92 Å². The number of ether oxygens (including phenoxy) is 1. The SMILES string of the molecule is CCC(O)C(=O)Oc1cc(C(=O)O)on1. The van der Waals surface area contributed by atoms with Crippen LogP contribution in [0, 0.1) is 0 Å². The molecular weight excluding hydrogens is 206 g/mol. The summed E-state index contributed by atoms with van der Waals surface area (Å²) in [6.07, 6.45) is -1.06. The van der Waals surface area contributed by atoms with E-state index in [1.165, 1.54) is 0 Å². The van der Waals surface area contributed by atoms with Crippen molar-refractivity contribution in [2.75, 3.05) is 0 Å². The number of hydrogen-bond donors (Lipinski definition) is 2. The van der Waals surface area contributed by atoms with Gasteiger partial charge in [0.2, 0.25) is 5.76 Å². The molecule has 0 fully saturated rings. The second-order valence-electron chi connectivity index (χ2n) is 2.68. The molecule has 2 N–H and O–H groups in total. The first-order valence-electron chi connectivity index (χ1n) is 4.14. The Morgan fingerprint density at radius 1 is 1.67 bits per heavy atom. The molecule has 0 amide bonds. The Hall–Kier alpha value is -1.89. The molecule has 0 aromatic carbocycles. The molecule has 82 valence electrons. The smallest absolute Gasteiger partial charge is 0.374 e. The molecular formula is C8H9NO6. The van der Waals surface area contributed by atoms with Gasteiger partial charge >= 0.3 is 11.9 Å². The van der Waals surface area contributed by atoms with Crippen LogP contribution >= 0.6 is 0 Å². The van der Waals surface area contributed by atoms with Crippen molar-refractivity contribution < 1.29 is 29.1 Å². The molecule has 1 aromatic rings. The van der Waals surface area contributed by atoms with Gasteiger partial charge in [0.1, 0.15) is 0 Å². The largest absolute Gasteiger partial charge is 0.475 e. The van der Waals surface area contributed by atoms with E-state index in [1.807, 2.05) is 0 Å². The van der Waals surface area contributed by atoms with Gasteiger partial charge in [-0.3, -0.25) is 0 Å². The third-order valence-corrected chi connectivity index (χ3v) is 1.56. The second kappa shape index (κ2) is 4.56. The molecule has 7 heteroatoms. The van der Waals surface area contributed by atoms with Crippen LogP contribution in [0.3, 0.4) is 0 Å². The van der Waals surface area contributed by atoms with Crippen molar-refractivity contribution in [3.8, 4) is 5.88 Å². The fraction of sp³-hybridized carbons (Fsp3) is 0.375. The van der Waals surface area contributed by atoms with Crippen LogP contribution in [0.25, 0.3) is 0 Å². The van der Waals surface area contributed by atoms with E-state index in [2.05, 4.69) is 14.4 Å². The zero-order chi connectivity index (χ0) is 11.4. The van der Waals surface area contributed by atoms with Gasteiger partial charge in [-0.25, -0.2) is 9.59 Å². The number of aromatic carboxylic acids is 1. The first kappa shape index (κ1) is 11.2. The zero-order valence-electron chi connectivity index (χ0n) is 7.84. The molecule has 0 saturated heterocycles. The van der Waals surface area contributed by atoms with Gasteiger partial charge in [-0.2, -0.15) is 0 Å². The van der Waals surface area contributed by atoms with Crippen LogP contribution in [-0.4, -0.2) is 33.4 Å². The first-order valence-corrected chi connectivity index (χ1v) is 4.14. The van der Waals surface area contributed by atoms with Crippen molar-refractivity contribution in [1.29, 1.82) is 0 Å². The summed E-state index contributed by atoms with van der Waals surface area (Å²) in [6, 6.07) is 0.947. The minimum Gasteiger partial charge on any atom is -0.475 e. The highest BCUT2D eigenvalue weighted by atomic mass is 16.6. The molecule has 0 aliphatic carbocycles. The molecule has 0 aliphatic rings. The lowest BCUT2D eigenvalue weighted by atomic mass is 10.3. The number of aliphatic hydroxyl groups is 1. The minimum atomic E-state index is -1.32. The summed E-state index contributed by atoms with van der Waals surface area (Å²) in [6.45, 7) is 1.59. The standard InChI is InChI=1S/C8H9NO6/c1-2-4(10)8(13)14-6-3-5(7(11)12)15-9-6/h3-4,10H,2H2,1H3,(H,11,12). The predicted octanol–water partition coefficient (Wildman–Crippen LogP) is 0.0491. The topological polar surface area (TPSA) is 110 Å². The Morgan fingerprint density at radius 2 is 2.33 bits per heavy atom. The molecule has 7 nitrogen and oxygen atoms in total. The third kappa shape index (κ3) is 2.78. The van der Waals surface area contributed by atoms with Gasteiger partial charge in [0.15, 0.2) is 6.10 Å². The van der Waals surface area contributed by atoms with Gasteiger partial charge in [-0.15, -0.1) is 0 Å². The Bertz CT molecular complexity index is 371. The van der Waals surface area contributed by atoms with Crippen molar-refractivity contribution in [2.24, 2.45) is 0 Å². The van der Waals surface area contributed by atoms with Crippen molar-refractivity contribution in [2.45, 2.75) is 19.4 Å². The summed E-state index contributed by atoms with van der Waals surface area (Å²) < 4.78 is 8.87. The lowest BCUT2D eigenvalue weighted by molar-refractivity contribution is -0.144. The Balaban J connectivity index is 2.65. The fourth-order valence-corrected chi connectivity index (χ4v) is 0.746. The predicted molar refractivity (Wildman–Crippen MR) is 45.4 cm³/mol. The van der Waals surface area contributed by atoms with E-state index < -0.39 is 23.8 Å². The first-order chi connectivity index (χ1) is 7.04. The monoisotopic (exact) mass is 215 g/mol. The minimum absolute atomic E-state index is 0.197. The summed E-state index contributed by atoms with van der Waals surface area (Å²) in [4.78, 5) is 21.4. The second-order valence-corrected chi connectivity index (χ2v) is 2.68. The highest BCUT2D eigenvalue weighted by Gasteiger charge is 2.19. The maximum atomic E-state index is 11.0. The Morgan fingerprint density at radius 3 is 2.80 bits per heavy atom. The van der Waals surface area contributed by atoms with Gasteiger partial charge in [0.25, 0.3) is 5.88 Å². The average Bonchev–Trinajstić information content (AvgIpc) is 2.65. The van der Waals surface area contributed by atoms with E-state index in [0.29, 0.717) is 0 Å². The highest BCUT2D eigenvalue weighted by Crippen LogP contribution is 2.12. The molecule has 1 unspecified atom stereocenters. The molecule has 1 heterocycles. The third-order valence-electron chi connectivity index (χ3n) is 1.56. The number of nitrogens with zero attached hydrogens (tertiary/aromatic N) is 1. The van der Waals surface area contributed by atoms with E-state index in [-0.39, 0.29) is 12.3 Å². The van der Waals surface area contributed by atoms with Gasteiger partial charge in [-0.05, 0) is 11.6 Å². The number of aliphatic hydroxyl groups excluding tert-OH is 1. The summed E-state index contributed by atoms with van der Waals surface area (Å²) in [7, 11) is 0. The summed E-state index contributed by atoms with van der Waals surface area (Å²) in [5, 5.41) is 20.7. The van der Waals surface area contributed by atoms with E-state index in [9.17, 15) is 9.59 Å². The Labute approximate surface area is 84.2 Å². The number of carbonyl (C=O) groups excluding carboxylic acids is 1. The van der Waals surface area contributed by atoms with Gasteiger partial charge in [0, 0.05) is 0 Å². The van der Waals surface area contributed by atoms with Crippen LogP contribution in [0.4, 0.5) is 0 Å². The molecule has 1 atom stereocenters. The van der Waals surface area contributed by atoms with Crippen LogP contribution < -0.4 is 4.74 Å². The van der Waals surface area contributed by atoms with Crippen LogP contribution in [0.15, 0.2) is 10.6 Å². The van der Waals surface area contributed by atoms with E-state index in [0.717, 1.165) is 6.07 Å². The van der Waals surface area contributed by atoms with E-state index in [4.69, 9.17) is 10.2 Å². The lowest BCUT2D eigenvalue weighted by Gasteiger charge is -2.04. The van der Waals surface area contributed by atoms with Crippen molar-refractivity contribution >= 4 is 11.9 Å². The molecule has 0 aliphatic heterocycles. The number of carboxylic acid groups (broad SMARTS) is 1. The molecule has 1 rings (SSSR count). The highest BCUT2D eigenvalue weighted by molar-refractivity contribution is 5.85. The molecule has 1 aromatic heterocycles. The maximum absolute atomic E-state index is 11.0. The number of rotatable bonds is 4. The van der Waals surface area contributed by atoms with Crippen molar-refractivity contribution in [3.63, 3.8) is 0 Å². The molecule has 15 heavy (non-hydrogen) atoms. The number of carboxylic acids is 1. The van der Waals surface area contributed by atoms with Gasteiger partial charge < -0.3 is 19.5 Å². The quantitative estimate of drug-likeness (QED) is 0.682. The molecule has 0 bridgehead atoms. The number of hydrogen-bond acceptors (Lipinski definition) is 6. The van der Waals surface area contributed by atoms with Crippen molar-refractivity contribution in [3.05, 3.63) is 11.8 Å². The number of carbonyl (C=O) groups is 2. The molecule has 0 spiro atoms. The van der Waals surface area contributed by atoms with Crippen LogP contribution in [-0.2, 0) is 4.79 Å². The maximum Gasteiger partial charge on any atom is 0.374 e. The molecule has 0 saturated carbocycles. The van der Waals surface area contributed by atoms with Gasteiger partial charge in [0.05, 0.1) is 6.07 Å². The average molecular weight is 215 g/mol. The van der Waals surface area contributed by atoms with Crippen LogP contribution in [0.5, 0.6) is 5.88 Å². The Kier molecular flexibility index (Phi) is 3.40. The van der Waals surface area contributed by atoms with Crippen LogP contribution in [0.1, 0.15) is 23.9 Å². The normalized spacial score (nSPS) is 12.1.